The van der Waals surface area contributed by atoms with Crippen LogP contribution in [0.4, 0.5) is 10.1 Å². The van der Waals surface area contributed by atoms with Crippen LogP contribution in [0, 0.1) is 5.82 Å². The van der Waals surface area contributed by atoms with Crippen LogP contribution in [0.5, 0.6) is 5.75 Å². The number of nitrogens with one attached hydrogen (secondary N) is 1. The van der Waals surface area contributed by atoms with E-state index in [2.05, 4.69) is 5.32 Å². The van der Waals surface area contributed by atoms with Crippen LogP contribution < -0.4 is 15.0 Å². The monoisotopic (exact) mass is 328 g/mol. The van der Waals surface area contributed by atoms with Crippen LogP contribution in [-0.2, 0) is 4.79 Å². The third kappa shape index (κ3) is 2.93. The van der Waals surface area contributed by atoms with E-state index in [4.69, 9.17) is 17.0 Å². The number of benzene rings is 2. The molecule has 6 heteroatoms. The normalized spacial score (nSPS) is 15.9. The molecule has 0 aliphatic carbocycles. The molecule has 1 amide bonds. The van der Waals surface area contributed by atoms with Gasteiger partial charge in [0.25, 0.3) is 5.91 Å². The van der Waals surface area contributed by atoms with Crippen LogP contribution in [0.25, 0.3) is 6.08 Å². The highest BCUT2D eigenvalue weighted by Gasteiger charge is 2.33. The fourth-order valence-corrected chi connectivity index (χ4v) is 2.59. The molecular weight excluding hydrogens is 315 g/mol. The average Bonchev–Trinajstić information content (AvgIpc) is 2.83. The molecule has 0 radical (unpaired) electrons. The van der Waals surface area contributed by atoms with E-state index in [1.807, 2.05) is 6.07 Å². The van der Waals surface area contributed by atoms with Gasteiger partial charge in [-0.25, -0.2) is 9.29 Å². The largest absolute Gasteiger partial charge is 0.495 e. The number of nitrogens with zero attached hydrogens (tertiary/aromatic N) is 1. The third-order valence-electron chi connectivity index (χ3n) is 3.39. The summed E-state index contributed by atoms with van der Waals surface area (Å²) >= 11 is 5.26. The van der Waals surface area contributed by atoms with E-state index < -0.39 is 0 Å². The van der Waals surface area contributed by atoms with Gasteiger partial charge in [0.2, 0.25) is 0 Å². The van der Waals surface area contributed by atoms with Gasteiger partial charge < -0.3 is 10.1 Å². The van der Waals surface area contributed by atoms with Gasteiger partial charge in [-0.2, -0.15) is 0 Å². The standard InChI is InChI=1S/C17H13FN2O2S/c1-22-15-5-3-2-4-14(15)20-16(21)13(19-17(20)23)10-11-6-8-12(18)9-7-11/h2-10H,1H3,(H,19,23)/b13-10+. The predicted molar refractivity (Wildman–Crippen MR) is 90.6 cm³/mol. The number of methoxy groups -OCH3 is 1. The fourth-order valence-electron chi connectivity index (χ4n) is 2.29. The number of ether oxygens (including phenoxy) is 1. The second-order valence-electron chi connectivity index (χ2n) is 4.85. The lowest BCUT2D eigenvalue weighted by Crippen LogP contribution is -2.30. The number of hydrogen-bond acceptors (Lipinski definition) is 3. The second kappa shape index (κ2) is 6.18. The van der Waals surface area contributed by atoms with E-state index in [1.165, 1.54) is 24.1 Å². The molecule has 1 saturated heterocycles. The van der Waals surface area contributed by atoms with Crippen molar-refractivity contribution in [2.45, 2.75) is 0 Å². The molecule has 2 aromatic rings. The van der Waals surface area contributed by atoms with Gasteiger partial charge in [0.05, 0.1) is 12.8 Å². The molecule has 1 fully saturated rings. The van der Waals surface area contributed by atoms with Crippen LogP contribution in [0.2, 0.25) is 0 Å². The van der Waals surface area contributed by atoms with Crippen molar-refractivity contribution in [1.29, 1.82) is 0 Å². The van der Waals surface area contributed by atoms with Gasteiger partial charge >= 0.3 is 0 Å². The zero-order valence-corrected chi connectivity index (χ0v) is 13.1. The van der Waals surface area contributed by atoms with Gasteiger partial charge in [0, 0.05) is 0 Å². The predicted octanol–water partition coefficient (Wildman–Crippen LogP) is 3.10. The Hall–Kier alpha value is -2.73. The van der Waals surface area contributed by atoms with Crippen molar-refractivity contribution in [1.82, 2.24) is 5.32 Å². The molecule has 4 nitrogen and oxygen atoms in total. The molecule has 1 heterocycles. The summed E-state index contributed by atoms with van der Waals surface area (Å²) in [6, 6.07) is 13.0. The number of amides is 1. The van der Waals surface area contributed by atoms with Gasteiger partial charge in [-0.15, -0.1) is 0 Å². The molecule has 2 aromatic carbocycles. The molecule has 116 valence electrons. The first kappa shape index (κ1) is 15.2. The summed E-state index contributed by atoms with van der Waals surface area (Å²) in [7, 11) is 1.53. The molecular formula is C17H13FN2O2S. The molecule has 1 aliphatic heterocycles. The Morgan fingerprint density at radius 1 is 1.17 bits per heavy atom. The molecule has 0 bridgehead atoms. The highest BCUT2D eigenvalue weighted by Crippen LogP contribution is 2.31. The van der Waals surface area contributed by atoms with Gasteiger partial charge in [-0.05, 0) is 48.1 Å². The minimum absolute atomic E-state index is 0.271. The van der Waals surface area contributed by atoms with Crippen molar-refractivity contribution < 1.29 is 13.9 Å². The minimum Gasteiger partial charge on any atom is -0.495 e. The van der Waals surface area contributed by atoms with Crippen molar-refractivity contribution in [3.05, 3.63) is 65.6 Å². The SMILES string of the molecule is COc1ccccc1N1C(=O)/C(=C\c2ccc(F)cc2)NC1=S. The van der Waals surface area contributed by atoms with Gasteiger partial charge in [0.1, 0.15) is 17.3 Å². The number of para-hydroxylation sites is 2. The lowest BCUT2D eigenvalue weighted by molar-refractivity contribution is -0.113. The Balaban J connectivity index is 1.95. The maximum Gasteiger partial charge on any atom is 0.281 e. The molecule has 0 spiro atoms. The van der Waals surface area contributed by atoms with E-state index in [0.717, 1.165) is 0 Å². The first-order valence-electron chi connectivity index (χ1n) is 6.86. The summed E-state index contributed by atoms with van der Waals surface area (Å²) in [6.07, 6.45) is 1.63. The van der Waals surface area contributed by atoms with Crippen molar-refractivity contribution in [3.8, 4) is 5.75 Å². The topological polar surface area (TPSA) is 41.6 Å². The van der Waals surface area contributed by atoms with Gasteiger partial charge in [-0.3, -0.25) is 4.79 Å². The summed E-state index contributed by atoms with van der Waals surface area (Å²) in [5, 5.41) is 3.16. The quantitative estimate of drug-likeness (QED) is 0.694. The fraction of sp³-hybridized carbons (Fsp3) is 0.0588. The number of carbonyl (C=O) groups is 1. The molecule has 0 unspecified atom stereocenters. The zero-order valence-electron chi connectivity index (χ0n) is 12.2. The number of anilines is 1. The first-order chi connectivity index (χ1) is 11.1. The van der Waals surface area contributed by atoms with Crippen LogP contribution in [-0.4, -0.2) is 18.1 Å². The Morgan fingerprint density at radius 3 is 2.57 bits per heavy atom. The van der Waals surface area contributed by atoms with Crippen molar-refractivity contribution >= 4 is 35.0 Å². The number of thiocarbonyl (C=S) groups is 1. The Kier molecular flexibility index (Phi) is 4.08. The summed E-state index contributed by atoms with van der Waals surface area (Å²) in [5.74, 6) is -0.0686. The molecule has 1 N–H and O–H groups in total. The zero-order chi connectivity index (χ0) is 16.4. The molecule has 0 saturated carbocycles. The van der Waals surface area contributed by atoms with E-state index in [1.54, 1.807) is 36.4 Å². The summed E-state index contributed by atoms with van der Waals surface area (Å²) in [5.41, 5.74) is 1.60. The van der Waals surface area contributed by atoms with Crippen LogP contribution >= 0.6 is 12.2 Å². The van der Waals surface area contributed by atoms with Crippen LogP contribution in [0.1, 0.15) is 5.56 Å². The van der Waals surface area contributed by atoms with Crippen LogP contribution in [0.15, 0.2) is 54.2 Å². The lowest BCUT2D eigenvalue weighted by atomic mass is 10.2. The number of hydrogen-bond donors (Lipinski definition) is 1. The average molecular weight is 328 g/mol. The van der Waals surface area contributed by atoms with E-state index in [0.29, 0.717) is 22.7 Å². The number of halogens is 1. The number of carbonyl (C=O) groups excluding carboxylic acids is 1. The highest BCUT2D eigenvalue weighted by molar-refractivity contribution is 7.80. The van der Waals surface area contributed by atoms with Gasteiger partial charge in [0.15, 0.2) is 5.11 Å². The van der Waals surface area contributed by atoms with E-state index in [9.17, 15) is 9.18 Å². The van der Waals surface area contributed by atoms with Crippen molar-refractivity contribution in [2.75, 3.05) is 12.0 Å². The summed E-state index contributed by atoms with van der Waals surface area (Å²) < 4.78 is 18.2. The summed E-state index contributed by atoms with van der Waals surface area (Å²) in [4.78, 5) is 14.0. The van der Waals surface area contributed by atoms with Crippen molar-refractivity contribution in [2.24, 2.45) is 0 Å². The maximum atomic E-state index is 13.0. The molecule has 0 aromatic heterocycles. The van der Waals surface area contributed by atoms with Crippen molar-refractivity contribution in [3.63, 3.8) is 0 Å². The second-order valence-corrected chi connectivity index (χ2v) is 5.24. The molecule has 1 aliphatic rings. The molecule has 23 heavy (non-hydrogen) atoms. The third-order valence-corrected chi connectivity index (χ3v) is 3.67. The van der Waals surface area contributed by atoms with Crippen LogP contribution in [0.3, 0.4) is 0 Å². The number of rotatable bonds is 3. The minimum atomic E-state index is -0.330. The Morgan fingerprint density at radius 2 is 1.87 bits per heavy atom. The highest BCUT2D eigenvalue weighted by atomic mass is 32.1. The maximum absolute atomic E-state index is 13.0. The molecule has 0 atom stereocenters. The summed E-state index contributed by atoms with van der Waals surface area (Å²) in [6.45, 7) is 0. The van der Waals surface area contributed by atoms with E-state index >= 15 is 0 Å². The van der Waals surface area contributed by atoms with Gasteiger partial charge in [-0.1, -0.05) is 24.3 Å². The lowest BCUT2D eigenvalue weighted by Gasteiger charge is -2.17. The van der Waals surface area contributed by atoms with E-state index in [-0.39, 0.29) is 16.8 Å². The Bertz CT molecular complexity index is 802. The molecule has 3 rings (SSSR count). The Labute approximate surface area is 138 Å². The first-order valence-corrected chi connectivity index (χ1v) is 7.26. The smallest absolute Gasteiger partial charge is 0.281 e.